The number of rotatable bonds is 8. The zero-order valence-corrected chi connectivity index (χ0v) is 17.8. The third kappa shape index (κ3) is 4.85. The van der Waals surface area contributed by atoms with Crippen LogP contribution in [0.15, 0.2) is 78.2 Å². The molecule has 1 unspecified atom stereocenters. The number of non-ortho nitro benzene ring substituents is 1. The van der Waals surface area contributed by atoms with Crippen molar-refractivity contribution in [2.45, 2.75) is 12.8 Å². The SMILES string of the molecule is C=CCOc1ccc(C2C(C#N)=C(N)OC(c3cccc([N+](=O)[O-])c3)=C2C(=O)OCC)cc1. The van der Waals surface area contributed by atoms with Gasteiger partial charge in [-0.3, -0.25) is 10.1 Å². The molecule has 0 saturated heterocycles. The lowest BCUT2D eigenvalue weighted by Gasteiger charge is -2.28. The number of nitrogens with zero attached hydrogens (tertiary/aromatic N) is 2. The molecule has 0 aliphatic carbocycles. The lowest BCUT2D eigenvalue weighted by atomic mass is 9.82. The molecular weight excluding hydrogens is 426 g/mol. The lowest BCUT2D eigenvalue weighted by molar-refractivity contribution is -0.384. The Kier molecular flexibility index (Phi) is 7.10. The lowest BCUT2D eigenvalue weighted by Crippen LogP contribution is -2.25. The number of hydrogen-bond donors (Lipinski definition) is 1. The summed E-state index contributed by atoms with van der Waals surface area (Å²) in [7, 11) is 0. The van der Waals surface area contributed by atoms with Crippen LogP contribution in [-0.2, 0) is 14.3 Å². The minimum Gasteiger partial charge on any atom is -0.490 e. The largest absolute Gasteiger partial charge is 0.490 e. The predicted octanol–water partition coefficient (Wildman–Crippen LogP) is 3.94. The smallest absolute Gasteiger partial charge is 0.338 e. The van der Waals surface area contributed by atoms with Crippen LogP contribution in [0.2, 0.25) is 0 Å². The maximum absolute atomic E-state index is 13.1. The Labute approximate surface area is 190 Å². The fourth-order valence-corrected chi connectivity index (χ4v) is 3.40. The van der Waals surface area contributed by atoms with Gasteiger partial charge < -0.3 is 19.9 Å². The van der Waals surface area contributed by atoms with Gasteiger partial charge in [0.2, 0.25) is 5.88 Å². The topological polar surface area (TPSA) is 138 Å². The molecule has 9 nitrogen and oxygen atoms in total. The number of nitriles is 1. The summed E-state index contributed by atoms with van der Waals surface area (Å²) in [6, 6.07) is 14.4. The molecular formula is C24H21N3O6. The second-order valence-electron chi connectivity index (χ2n) is 6.86. The first kappa shape index (κ1) is 23.1. The number of carbonyl (C=O) groups is 1. The van der Waals surface area contributed by atoms with Crippen LogP contribution >= 0.6 is 0 Å². The van der Waals surface area contributed by atoms with Crippen molar-refractivity contribution in [3.63, 3.8) is 0 Å². The van der Waals surface area contributed by atoms with Crippen molar-refractivity contribution in [3.05, 3.63) is 99.5 Å². The molecule has 0 fully saturated rings. The highest BCUT2D eigenvalue weighted by atomic mass is 16.6. The molecule has 0 aromatic heterocycles. The van der Waals surface area contributed by atoms with Gasteiger partial charge in [0.25, 0.3) is 5.69 Å². The van der Waals surface area contributed by atoms with E-state index in [9.17, 15) is 20.2 Å². The molecule has 0 saturated carbocycles. The molecule has 1 atom stereocenters. The van der Waals surface area contributed by atoms with Crippen molar-refractivity contribution < 1.29 is 23.9 Å². The van der Waals surface area contributed by atoms with E-state index in [-0.39, 0.29) is 40.6 Å². The molecule has 0 spiro atoms. The van der Waals surface area contributed by atoms with Crippen LogP contribution in [0.5, 0.6) is 5.75 Å². The van der Waals surface area contributed by atoms with Crippen molar-refractivity contribution in [2.24, 2.45) is 5.73 Å². The molecule has 3 rings (SSSR count). The Morgan fingerprint density at radius 3 is 2.67 bits per heavy atom. The highest BCUT2D eigenvalue weighted by molar-refractivity contribution is 6.00. The first-order valence-electron chi connectivity index (χ1n) is 9.98. The number of nitrogens with two attached hydrogens (primary N) is 1. The van der Waals surface area contributed by atoms with E-state index in [1.807, 2.05) is 6.07 Å². The van der Waals surface area contributed by atoms with Crippen molar-refractivity contribution in [2.75, 3.05) is 13.2 Å². The van der Waals surface area contributed by atoms with Crippen LogP contribution in [0.1, 0.15) is 24.0 Å². The van der Waals surface area contributed by atoms with Gasteiger partial charge >= 0.3 is 5.97 Å². The number of carbonyl (C=O) groups excluding carboxylic acids is 1. The second-order valence-corrected chi connectivity index (χ2v) is 6.86. The maximum Gasteiger partial charge on any atom is 0.338 e. The summed E-state index contributed by atoms with van der Waals surface area (Å²) in [5.74, 6) is -1.28. The first-order valence-corrected chi connectivity index (χ1v) is 9.98. The Balaban J connectivity index is 2.21. The second kappa shape index (κ2) is 10.2. The van der Waals surface area contributed by atoms with Gasteiger partial charge in [0.15, 0.2) is 0 Å². The van der Waals surface area contributed by atoms with Crippen LogP contribution in [0.3, 0.4) is 0 Å². The molecule has 1 heterocycles. The van der Waals surface area contributed by atoms with Crippen molar-refractivity contribution >= 4 is 17.4 Å². The average molecular weight is 447 g/mol. The fraction of sp³-hybridized carbons (Fsp3) is 0.167. The van der Waals surface area contributed by atoms with E-state index < -0.39 is 16.8 Å². The van der Waals surface area contributed by atoms with Crippen molar-refractivity contribution in [1.82, 2.24) is 0 Å². The summed E-state index contributed by atoms with van der Waals surface area (Å²) in [6.45, 7) is 5.64. The Hall–Kier alpha value is -4.58. The Bertz CT molecular complexity index is 1190. The van der Waals surface area contributed by atoms with E-state index in [4.69, 9.17) is 19.9 Å². The highest BCUT2D eigenvalue weighted by Crippen LogP contribution is 2.43. The number of benzene rings is 2. The van der Waals surface area contributed by atoms with E-state index in [1.165, 1.54) is 18.2 Å². The molecule has 9 heteroatoms. The van der Waals surface area contributed by atoms with Gasteiger partial charge in [-0.15, -0.1) is 0 Å². The first-order chi connectivity index (χ1) is 15.9. The third-order valence-electron chi connectivity index (χ3n) is 4.82. The van der Waals surface area contributed by atoms with Crippen molar-refractivity contribution in [1.29, 1.82) is 5.26 Å². The number of ether oxygens (including phenoxy) is 3. The summed E-state index contributed by atoms with van der Waals surface area (Å²) >= 11 is 0. The molecule has 1 aliphatic rings. The molecule has 33 heavy (non-hydrogen) atoms. The molecule has 2 aromatic rings. The summed E-state index contributed by atoms with van der Waals surface area (Å²) in [4.78, 5) is 23.8. The molecule has 0 amide bonds. The molecule has 0 bridgehead atoms. The van der Waals surface area contributed by atoms with Gasteiger partial charge in [-0.05, 0) is 24.6 Å². The van der Waals surface area contributed by atoms with Gasteiger partial charge in [-0.25, -0.2) is 4.79 Å². The van der Waals surface area contributed by atoms with Gasteiger partial charge in [0, 0.05) is 17.7 Å². The number of nitro groups is 1. The molecule has 1 aliphatic heterocycles. The van der Waals surface area contributed by atoms with Crippen LogP contribution in [0, 0.1) is 21.4 Å². The minimum atomic E-state index is -0.912. The highest BCUT2D eigenvalue weighted by Gasteiger charge is 2.38. The predicted molar refractivity (Wildman–Crippen MR) is 119 cm³/mol. The van der Waals surface area contributed by atoms with E-state index in [1.54, 1.807) is 43.3 Å². The van der Waals surface area contributed by atoms with Gasteiger partial charge in [-0.2, -0.15) is 5.26 Å². The molecule has 0 radical (unpaired) electrons. The fourth-order valence-electron chi connectivity index (χ4n) is 3.40. The van der Waals surface area contributed by atoms with Crippen molar-refractivity contribution in [3.8, 4) is 11.8 Å². The summed E-state index contributed by atoms with van der Waals surface area (Å²) < 4.78 is 16.4. The van der Waals surface area contributed by atoms with Crippen LogP contribution in [0.4, 0.5) is 5.69 Å². The van der Waals surface area contributed by atoms with Gasteiger partial charge in [-0.1, -0.05) is 36.9 Å². The normalized spacial score (nSPS) is 15.3. The zero-order valence-electron chi connectivity index (χ0n) is 17.8. The minimum absolute atomic E-state index is 0.00867. The molecule has 2 aromatic carbocycles. The Morgan fingerprint density at radius 2 is 2.06 bits per heavy atom. The van der Waals surface area contributed by atoms with Crippen LogP contribution in [0.25, 0.3) is 5.76 Å². The van der Waals surface area contributed by atoms with E-state index in [0.717, 1.165) is 0 Å². The maximum atomic E-state index is 13.1. The quantitative estimate of drug-likeness (QED) is 0.278. The van der Waals surface area contributed by atoms with E-state index in [2.05, 4.69) is 6.58 Å². The average Bonchev–Trinajstić information content (AvgIpc) is 2.82. The number of nitro benzene ring substituents is 1. The number of hydrogen-bond acceptors (Lipinski definition) is 8. The van der Waals surface area contributed by atoms with Crippen LogP contribution < -0.4 is 10.5 Å². The summed E-state index contributed by atoms with van der Waals surface area (Å²) in [5, 5.41) is 21.1. The van der Waals surface area contributed by atoms with Gasteiger partial charge in [0.1, 0.15) is 29.8 Å². The standard InChI is InChI=1S/C24H21N3O6/c1-3-12-32-18-10-8-15(9-11-18)20-19(14-25)23(26)33-22(21(20)24(28)31-4-2)16-6-5-7-17(13-16)27(29)30/h3,5-11,13,20H,1,4,12,26H2,2H3. The van der Waals surface area contributed by atoms with Crippen LogP contribution in [-0.4, -0.2) is 24.1 Å². The molecule has 168 valence electrons. The summed E-state index contributed by atoms with van der Waals surface area (Å²) in [6.07, 6.45) is 1.61. The monoisotopic (exact) mass is 447 g/mol. The Morgan fingerprint density at radius 1 is 1.33 bits per heavy atom. The number of allylic oxidation sites excluding steroid dienone is 1. The van der Waals surface area contributed by atoms with Gasteiger partial charge in [0.05, 0.1) is 23.0 Å². The van der Waals surface area contributed by atoms with E-state index in [0.29, 0.717) is 17.9 Å². The van der Waals surface area contributed by atoms with E-state index >= 15 is 0 Å². The summed E-state index contributed by atoms with van der Waals surface area (Å²) in [5.41, 5.74) is 6.71. The molecule has 2 N–H and O–H groups in total. The zero-order chi connectivity index (χ0) is 24.0. The number of esters is 1. The third-order valence-corrected chi connectivity index (χ3v) is 4.82.